The molecule has 4 aliphatic heterocycles. The molecule has 0 bridgehead atoms. The van der Waals surface area contributed by atoms with Crippen LogP contribution in [0.25, 0.3) is 22.3 Å². The number of aromatic nitrogens is 2. The van der Waals surface area contributed by atoms with Gasteiger partial charge in [-0.2, -0.15) is 0 Å². The van der Waals surface area contributed by atoms with E-state index in [-0.39, 0.29) is 25.4 Å². The van der Waals surface area contributed by atoms with Gasteiger partial charge in [-0.15, -0.1) is 0 Å². The molecule has 2 N–H and O–H groups in total. The number of nitrogens with one attached hydrogen (secondary N) is 1. The van der Waals surface area contributed by atoms with E-state index in [9.17, 15) is 14.7 Å². The van der Waals surface area contributed by atoms with Gasteiger partial charge in [0, 0.05) is 55.3 Å². The summed E-state index contributed by atoms with van der Waals surface area (Å²) in [4.78, 5) is 33.5. The van der Waals surface area contributed by atoms with Gasteiger partial charge in [-0.1, -0.05) is 6.92 Å². The van der Waals surface area contributed by atoms with Crippen LogP contribution in [-0.2, 0) is 39.6 Å². The first kappa shape index (κ1) is 24.5. The Hall–Kier alpha value is -3.51. The number of rotatable bonds is 6. The molecule has 204 valence electrons. The second-order valence-electron chi connectivity index (χ2n) is 10.4. The number of hydrogen-bond acceptors (Lipinski definition) is 10. The molecule has 1 atom stereocenters. The number of pyridine rings is 2. The molecule has 7 rings (SSSR count). The smallest absolute Gasteiger partial charge is 0.343 e. The van der Waals surface area contributed by atoms with E-state index in [0.717, 1.165) is 61.4 Å². The van der Waals surface area contributed by atoms with Crippen LogP contribution in [0, 0.1) is 0 Å². The SMILES string of the molecule is CC[C@@]1(O)C(=O)OCc2c1cc1n(c2=O)Cc2c-1nc1cc3c(cc1c2CNCCN1CCOCC1)OCO3. The quantitative estimate of drug-likeness (QED) is 0.276. The van der Waals surface area contributed by atoms with Crippen molar-refractivity contribution in [2.24, 2.45) is 0 Å². The third kappa shape index (κ3) is 3.83. The van der Waals surface area contributed by atoms with Crippen LogP contribution in [-0.4, -0.2) is 71.7 Å². The summed E-state index contributed by atoms with van der Waals surface area (Å²) in [6.07, 6.45) is 0.0987. The lowest BCUT2D eigenvalue weighted by Crippen LogP contribution is -2.44. The molecule has 3 aromatic rings. The second kappa shape index (κ2) is 9.30. The summed E-state index contributed by atoms with van der Waals surface area (Å²) in [6, 6.07) is 5.57. The molecule has 4 aliphatic rings. The van der Waals surface area contributed by atoms with Crippen molar-refractivity contribution in [2.45, 2.75) is 38.6 Å². The number of morpholine rings is 1. The van der Waals surface area contributed by atoms with Crippen LogP contribution in [0.3, 0.4) is 0 Å². The van der Waals surface area contributed by atoms with Crippen LogP contribution >= 0.6 is 0 Å². The zero-order valence-corrected chi connectivity index (χ0v) is 21.7. The zero-order valence-electron chi connectivity index (χ0n) is 21.7. The number of carbonyl (C=O) groups is 1. The first-order valence-corrected chi connectivity index (χ1v) is 13.4. The molecule has 0 amide bonds. The number of aliphatic hydroxyl groups is 1. The summed E-state index contributed by atoms with van der Waals surface area (Å²) in [7, 11) is 0. The molecule has 11 heteroatoms. The number of cyclic esters (lactones) is 1. The van der Waals surface area contributed by atoms with Crippen molar-refractivity contribution in [1.82, 2.24) is 19.8 Å². The topological polar surface area (TPSA) is 124 Å². The highest BCUT2D eigenvalue weighted by atomic mass is 16.7. The van der Waals surface area contributed by atoms with Crippen molar-refractivity contribution in [3.8, 4) is 22.9 Å². The third-order valence-electron chi connectivity index (χ3n) is 8.31. The highest BCUT2D eigenvalue weighted by Crippen LogP contribution is 2.43. The van der Waals surface area contributed by atoms with E-state index in [1.54, 1.807) is 17.6 Å². The number of hydrogen-bond donors (Lipinski definition) is 2. The molecule has 0 spiro atoms. The Morgan fingerprint density at radius 2 is 1.87 bits per heavy atom. The Balaban J connectivity index is 1.32. The van der Waals surface area contributed by atoms with Gasteiger partial charge in [-0.25, -0.2) is 9.78 Å². The Morgan fingerprint density at radius 3 is 2.67 bits per heavy atom. The summed E-state index contributed by atoms with van der Waals surface area (Å²) in [5.74, 6) is 0.570. The Morgan fingerprint density at radius 1 is 1.08 bits per heavy atom. The minimum absolute atomic E-state index is 0.0987. The molecule has 0 saturated carbocycles. The lowest BCUT2D eigenvalue weighted by Gasteiger charge is -2.31. The van der Waals surface area contributed by atoms with Crippen molar-refractivity contribution >= 4 is 16.9 Å². The molecule has 0 unspecified atom stereocenters. The summed E-state index contributed by atoms with van der Waals surface area (Å²) >= 11 is 0. The van der Waals surface area contributed by atoms with Crippen LogP contribution in [0.15, 0.2) is 23.0 Å². The van der Waals surface area contributed by atoms with Crippen LogP contribution in [0.5, 0.6) is 11.5 Å². The minimum atomic E-state index is -1.86. The summed E-state index contributed by atoms with van der Waals surface area (Å²) in [6.45, 7) is 7.71. The molecule has 6 heterocycles. The summed E-state index contributed by atoms with van der Waals surface area (Å²) < 4.78 is 23.6. The number of benzene rings is 1. The molecule has 0 radical (unpaired) electrons. The average Bonchev–Trinajstić information content (AvgIpc) is 3.57. The van der Waals surface area contributed by atoms with E-state index in [2.05, 4.69) is 10.2 Å². The maximum absolute atomic E-state index is 13.6. The number of carbonyl (C=O) groups excluding carboxylic acids is 1. The van der Waals surface area contributed by atoms with Crippen molar-refractivity contribution < 1.29 is 28.8 Å². The van der Waals surface area contributed by atoms with Crippen molar-refractivity contribution in [3.63, 3.8) is 0 Å². The Labute approximate surface area is 224 Å². The molecule has 0 aliphatic carbocycles. The molecule has 11 nitrogen and oxygen atoms in total. The third-order valence-corrected chi connectivity index (χ3v) is 8.31. The molecule has 39 heavy (non-hydrogen) atoms. The lowest BCUT2D eigenvalue weighted by atomic mass is 9.86. The van der Waals surface area contributed by atoms with E-state index >= 15 is 0 Å². The normalized spacial score (nSPS) is 21.5. The number of ether oxygens (including phenoxy) is 4. The Kier molecular flexibility index (Phi) is 5.85. The summed E-state index contributed by atoms with van der Waals surface area (Å²) in [5, 5.41) is 15.7. The molecular weight excluding hydrogens is 504 g/mol. The number of nitrogens with zero attached hydrogens (tertiary/aromatic N) is 3. The average molecular weight is 535 g/mol. The molecule has 1 fully saturated rings. The molecule has 2 aromatic heterocycles. The fourth-order valence-corrected chi connectivity index (χ4v) is 6.03. The molecular formula is C28H30N4O7. The first-order chi connectivity index (χ1) is 19.0. The van der Waals surface area contributed by atoms with Gasteiger partial charge < -0.3 is 33.9 Å². The fraction of sp³-hybridized carbons (Fsp3) is 0.464. The van der Waals surface area contributed by atoms with Crippen LogP contribution in [0.1, 0.15) is 35.6 Å². The van der Waals surface area contributed by atoms with Crippen molar-refractivity contribution in [1.29, 1.82) is 0 Å². The summed E-state index contributed by atoms with van der Waals surface area (Å²) in [5.41, 5.74) is 2.44. The van der Waals surface area contributed by atoms with Gasteiger partial charge in [0.1, 0.15) is 6.61 Å². The molecule has 1 saturated heterocycles. The Bertz CT molecular complexity index is 1560. The van der Waals surface area contributed by atoms with E-state index < -0.39 is 11.6 Å². The van der Waals surface area contributed by atoms with Gasteiger partial charge in [-0.3, -0.25) is 9.69 Å². The first-order valence-electron chi connectivity index (χ1n) is 13.4. The maximum atomic E-state index is 13.6. The highest BCUT2D eigenvalue weighted by molar-refractivity contribution is 5.91. The number of esters is 1. The monoisotopic (exact) mass is 534 g/mol. The maximum Gasteiger partial charge on any atom is 0.343 e. The van der Waals surface area contributed by atoms with Gasteiger partial charge in [0.25, 0.3) is 5.56 Å². The highest BCUT2D eigenvalue weighted by Gasteiger charge is 2.45. The predicted molar refractivity (Wildman–Crippen MR) is 140 cm³/mol. The van der Waals surface area contributed by atoms with Crippen molar-refractivity contribution in [2.75, 3.05) is 46.2 Å². The van der Waals surface area contributed by atoms with Gasteiger partial charge in [0.05, 0.1) is 42.2 Å². The second-order valence-corrected chi connectivity index (χ2v) is 10.4. The largest absolute Gasteiger partial charge is 0.458 e. The van der Waals surface area contributed by atoms with Crippen molar-refractivity contribution in [3.05, 3.63) is 50.8 Å². The zero-order chi connectivity index (χ0) is 26.7. The number of fused-ring (bicyclic) bond motifs is 6. The van der Waals surface area contributed by atoms with Gasteiger partial charge >= 0.3 is 5.97 Å². The van der Waals surface area contributed by atoms with Gasteiger partial charge in [-0.05, 0) is 24.1 Å². The van der Waals surface area contributed by atoms with Gasteiger partial charge in [0.15, 0.2) is 17.1 Å². The van der Waals surface area contributed by atoms with E-state index in [0.29, 0.717) is 47.1 Å². The van der Waals surface area contributed by atoms with Crippen LogP contribution in [0.4, 0.5) is 0 Å². The van der Waals surface area contributed by atoms with Crippen LogP contribution < -0.4 is 20.3 Å². The minimum Gasteiger partial charge on any atom is -0.458 e. The van der Waals surface area contributed by atoms with E-state index in [1.165, 1.54) is 0 Å². The van der Waals surface area contributed by atoms with Crippen LogP contribution in [0.2, 0.25) is 0 Å². The lowest BCUT2D eigenvalue weighted by molar-refractivity contribution is -0.172. The van der Waals surface area contributed by atoms with E-state index in [4.69, 9.17) is 23.9 Å². The van der Waals surface area contributed by atoms with Gasteiger partial charge in [0.2, 0.25) is 6.79 Å². The fourth-order valence-electron chi connectivity index (χ4n) is 6.03. The standard InChI is InChI=1S/C28H30N4O7/c1-2-28(35)20-10-22-25-18(13-32(22)26(33)19(20)14-37-27(28)34)17(12-29-3-4-31-5-7-36-8-6-31)16-9-23-24(39-15-38-23)11-21(16)30-25/h9-11,29,35H,2-8,12-15H2,1H3/t28-/m0/s1. The molecule has 1 aromatic carbocycles. The van der Waals surface area contributed by atoms with E-state index in [1.807, 2.05) is 12.1 Å². The predicted octanol–water partition coefficient (Wildman–Crippen LogP) is 1.23.